The lowest BCUT2D eigenvalue weighted by molar-refractivity contribution is -0.270. The molecule has 0 saturated carbocycles. The Balaban J connectivity index is 1.54. The first-order valence-corrected chi connectivity index (χ1v) is 16.7. The summed E-state index contributed by atoms with van der Waals surface area (Å²) in [4.78, 5) is 45.2. The fraction of sp³-hybridized carbons (Fsp3) is 0.800. The molecular formula is C20H34N2O18P2S. The highest BCUT2D eigenvalue weighted by Gasteiger charge is 2.49. The molecule has 0 radical (unpaired) electrons. The lowest BCUT2D eigenvalue weighted by atomic mass is 10.0. The summed E-state index contributed by atoms with van der Waals surface area (Å²) < 4.78 is 59.8. The zero-order valence-corrected chi connectivity index (χ0v) is 25.1. The van der Waals surface area contributed by atoms with Crippen LogP contribution in [0.1, 0.15) is 6.23 Å². The van der Waals surface area contributed by atoms with Crippen LogP contribution in [0.4, 0.5) is 0 Å². The maximum absolute atomic E-state index is 12.5. The normalized spacial score (nSPS) is 34.1. The molecule has 1 aromatic heterocycles. The number of aromatic amines is 1. The molecule has 20 nitrogen and oxygen atoms in total. The number of aliphatic hydroxyl groups excluding tert-OH is 5. The van der Waals surface area contributed by atoms with Gasteiger partial charge in [-0.3, -0.25) is 23.4 Å². The second-order valence-electron chi connectivity index (χ2n) is 9.18. The number of nitrogens with one attached hydrogen (secondary N) is 1. The number of hydrogen-bond acceptors (Lipinski definition) is 17. The molecule has 43 heavy (non-hydrogen) atoms. The first-order chi connectivity index (χ1) is 20.2. The van der Waals surface area contributed by atoms with Crippen molar-refractivity contribution in [2.75, 3.05) is 45.0 Å². The van der Waals surface area contributed by atoms with Gasteiger partial charge < -0.3 is 54.3 Å². The molecule has 2 saturated heterocycles. The van der Waals surface area contributed by atoms with Gasteiger partial charge >= 0.3 is 21.3 Å². The van der Waals surface area contributed by atoms with Crippen molar-refractivity contribution in [2.45, 2.75) is 55.2 Å². The van der Waals surface area contributed by atoms with E-state index < -0.39 is 88.7 Å². The summed E-state index contributed by atoms with van der Waals surface area (Å²) in [6.45, 7) is 0.0670. The summed E-state index contributed by atoms with van der Waals surface area (Å²) in [5.41, 5.74) is -1.73. The maximum atomic E-state index is 12.5. The minimum Gasteiger partial charge on any atom is -0.388 e. The van der Waals surface area contributed by atoms with Gasteiger partial charge in [0.15, 0.2) is 12.5 Å². The smallest absolute Gasteiger partial charge is 0.388 e. The van der Waals surface area contributed by atoms with Crippen LogP contribution in [0.25, 0.3) is 0 Å². The number of ether oxygens (including phenoxy) is 4. The van der Waals surface area contributed by atoms with Gasteiger partial charge in [0.05, 0.1) is 32.5 Å². The molecule has 2 aliphatic heterocycles. The van der Waals surface area contributed by atoms with E-state index >= 15 is 0 Å². The molecule has 23 heteroatoms. The highest BCUT2D eigenvalue weighted by Crippen LogP contribution is 2.61. The van der Waals surface area contributed by atoms with Gasteiger partial charge in [-0.05, 0) is 0 Å². The van der Waals surface area contributed by atoms with Crippen LogP contribution in [0.5, 0.6) is 0 Å². The van der Waals surface area contributed by atoms with Gasteiger partial charge in [0, 0.05) is 30.9 Å². The monoisotopic (exact) mass is 684 g/mol. The molecule has 0 amide bonds. The van der Waals surface area contributed by atoms with E-state index in [0.29, 0.717) is 25.6 Å². The Bertz CT molecular complexity index is 1250. The van der Waals surface area contributed by atoms with Crippen LogP contribution in [0, 0.1) is 0 Å². The third kappa shape index (κ3) is 10.2. The molecule has 248 valence electrons. The SMILES string of the molecule is COCCOCCSCC1O[C@H](OP(=O)(O)OP(=O)(O)OCC2OC(n3ccc(=O)[nH]c3=O)[C@H](O)[C@@H]2O)C(O)C(O)[C@H]1O. The van der Waals surface area contributed by atoms with E-state index in [9.17, 15) is 54.0 Å². The molecule has 3 rings (SSSR count). The summed E-state index contributed by atoms with van der Waals surface area (Å²) in [5.74, 6) is 0.463. The van der Waals surface area contributed by atoms with Crippen molar-refractivity contribution in [1.29, 1.82) is 0 Å². The second kappa shape index (κ2) is 16.0. The van der Waals surface area contributed by atoms with E-state index in [2.05, 4.69) is 13.4 Å². The van der Waals surface area contributed by atoms with E-state index in [-0.39, 0.29) is 5.75 Å². The van der Waals surface area contributed by atoms with Crippen LogP contribution in [0.15, 0.2) is 21.9 Å². The van der Waals surface area contributed by atoms with Crippen LogP contribution in [-0.2, 0) is 41.4 Å². The molecule has 8 N–H and O–H groups in total. The Morgan fingerprint density at radius 3 is 2.30 bits per heavy atom. The number of rotatable bonds is 16. The predicted octanol–water partition coefficient (Wildman–Crippen LogP) is -3.39. The summed E-state index contributed by atoms with van der Waals surface area (Å²) in [5, 5.41) is 51.0. The largest absolute Gasteiger partial charge is 0.483 e. The minimum absolute atomic E-state index is 0.0262. The summed E-state index contributed by atoms with van der Waals surface area (Å²) >= 11 is 1.22. The predicted molar refractivity (Wildman–Crippen MR) is 142 cm³/mol. The van der Waals surface area contributed by atoms with Gasteiger partial charge in [-0.15, -0.1) is 0 Å². The Kier molecular flexibility index (Phi) is 13.5. The third-order valence-electron chi connectivity index (χ3n) is 6.06. The van der Waals surface area contributed by atoms with Crippen molar-refractivity contribution >= 4 is 27.4 Å². The number of nitrogens with zero attached hydrogens (tertiary/aromatic N) is 1. The van der Waals surface area contributed by atoms with Gasteiger partial charge in [-0.2, -0.15) is 16.1 Å². The van der Waals surface area contributed by atoms with Crippen molar-refractivity contribution in [3.05, 3.63) is 33.1 Å². The van der Waals surface area contributed by atoms with E-state index in [1.165, 1.54) is 18.9 Å². The molecule has 2 aliphatic rings. The first kappa shape index (κ1) is 36.4. The number of hydrogen-bond donors (Lipinski definition) is 8. The number of aliphatic hydroxyl groups is 5. The average molecular weight is 685 g/mol. The zero-order valence-electron chi connectivity index (χ0n) is 22.5. The molecule has 0 spiro atoms. The van der Waals surface area contributed by atoms with Gasteiger partial charge in [-0.1, -0.05) is 0 Å². The molecule has 0 bridgehead atoms. The van der Waals surface area contributed by atoms with Crippen LogP contribution in [0.3, 0.4) is 0 Å². The number of aromatic nitrogens is 2. The fourth-order valence-corrected chi connectivity index (χ4v) is 6.97. The average Bonchev–Trinajstić information content (AvgIpc) is 3.20. The Morgan fingerprint density at radius 1 is 0.930 bits per heavy atom. The Labute approximate surface area is 247 Å². The van der Waals surface area contributed by atoms with Gasteiger partial charge in [0.1, 0.15) is 36.6 Å². The van der Waals surface area contributed by atoms with Crippen molar-refractivity contribution in [3.63, 3.8) is 0 Å². The van der Waals surface area contributed by atoms with Crippen LogP contribution in [0.2, 0.25) is 0 Å². The molecule has 3 heterocycles. The number of phosphoric ester groups is 2. The van der Waals surface area contributed by atoms with Crippen molar-refractivity contribution in [1.82, 2.24) is 9.55 Å². The summed E-state index contributed by atoms with van der Waals surface area (Å²) in [7, 11) is -9.56. The molecule has 2 fully saturated rings. The quantitative estimate of drug-likeness (QED) is 0.0622. The zero-order chi connectivity index (χ0) is 31.9. The number of methoxy groups -OCH3 is 1. The Morgan fingerprint density at radius 2 is 1.63 bits per heavy atom. The van der Waals surface area contributed by atoms with Crippen LogP contribution in [-0.4, -0.2) is 139 Å². The van der Waals surface area contributed by atoms with Crippen molar-refractivity contribution in [3.8, 4) is 0 Å². The highest BCUT2D eigenvalue weighted by atomic mass is 32.2. The Hall–Kier alpha value is -1.07. The fourth-order valence-electron chi connectivity index (χ4n) is 3.90. The van der Waals surface area contributed by atoms with Gasteiger partial charge in [0.25, 0.3) is 5.56 Å². The molecule has 0 aromatic carbocycles. The molecule has 1 aromatic rings. The molecule has 7 unspecified atom stereocenters. The maximum Gasteiger partial charge on any atom is 0.483 e. The summed E-state index contributed by atoms with van der Waals surface area (Å²) in [6, 6.07) is 0.941. The van der Waals surface area contributed by atoms with E-state index in [1.807, 2.05) is 4.98 Å². The molecular weight excluding hydrogens is 650 g/mol. The molecule has 11 atom stereocenters. The number of H-pyrrole nitrogens is 1. The summed E-state index contributed by atoms with van der Waals surface area (Å²) in [6.07, 6.45) is -14.6. The first-order valence-electron chi connectivity index (χ1n) is 12.5. The highest BCUT2D eigenvalue weighted by molar-refractivity contribution is 7.99. The third-order valence-corrected chi connectivity index (χ3v) is 9.68. The van der Waals surface area contributed by atoms with E-state index in [0.717, 1.165) is 16.8 Å². The topological polar surface area (TPSA) is 295 Å². The minimum atomic E-state index is -5.59. The second-order valence-corrected chi connectivity index (χ2v) is 13.3. The van der Waals surface area contributed by atoms with Crippen LogP contribution >= 0.6 is 27.4 Å². The van der Waals surface area contributed by atoms with E-state index in [1.54, 1.807) is 0 Å². The molecule has 0 aliphatic carbocycles. The van der Waals surface area contributed by atoms with Crippen molar-refractivity contribution in [2.24, 2.45) is 0 Å². The van der Waals surface area contributed by atoms with Crippen LogP contribution < -0.4 is 11.2 Å². The number of thioether (sulfide) groups is 1. The number of phosphoric acid groups is 2. The van der Waals surface area contributed by atoms with Gasteiger partial charge in [-0.25, -0.2) is 13.9 Å². The lowest BCUT2D eigenvalue weighted by Gasteiger charge is -2.40. The van der Waals surface area contributed by atoms with Crippen molar-refractivity contribution < 1.29 is 76.8 Å². The van der Waals surface area contributed by atoms with E-state index in [4.69, 9.17) is 18.9 Å². The lowest BCUT2D eigenvalue weighted by Crippen LogP contribution is -2.58. The standard InChI is InChI=1S/C20H34N2O18P2S/c1-34-4-5-35-6-7-43-9-11-14(25)15(26)17(28)19(38-11)39-42(32,33)40-41(30,31)36-8-10-13(24)16(27)18(37-10)22-3-2-12(23)21-20(22)29/h2-3,10-11,13-19,24-28H,4-9H2,1H3,(H,30,31)(H,32,33)(H,21,23,29)/t10?,11?,13-,14+,15?,16-,17?,18?,19-/m1/s1. The van der Waals surface area contributed by atoms with Gasteiger partial charge in [0.2, 0.25) is 0 Å².